The molecule has 0 aliphatic carbocycles. The number of benzene rings is 3. The van der Waals surface area contributed by atoms with Crippen LogP contribution in [0.15, 0.2) is 89.2 Å². The molecule has 0 amide bonds. The molecule has 6 nitrogen and oxygen atoms in total. The van der Waals surface area contributed by atoms with Gasteiger partial charge in [-0.2, -0.15) is 5.26 Å². The number of rotatable bonds is 3. The van der Waals surface area contributed by atoms with Gasteiger partial charge < -0.3 is 10.5 Å². The van der Waals surface area contributed by atoms with E-state index in [-0.39, 0.29) is 28.7 Å². The number of sulfonamides is 1. The van der Waals surface area contributed by atoms with Crippen molar-refractivity contribution in [2.75, 3.05) is 4.31 Å². The van der Waals surface area contributed by atoms with Crippen molar-refractivity contribution in [3.05, 3.63) is 116 Å². The van der Waals surface area contributed by atoms with Gasteiger partial charge in [0.25, 0.3) is 10.0 Å². The van der Waals surface area contributed by atoms with E-state index in [0.717, 1.165) is 11.1 Å². The van der Waals surface area contributed by atoms with E-state index in [9.17, 15) is 13.7 Å². The molecule has 2 aliphatic rings. The van der Waals surface area contributed by atoms with Crippen molar-refractivity contribution in [2.45, 2.75) is 19.4 Å². The molecule has 0 spiro atoms. The molecule has 2 aliphatic heterocycles. The zero-order chi connectivity index (χ0) is 24.0. The van der Waals surface area contributed by atoms with Crippen molar-refractivity contribution in [1.29, 1.82) is 5.26 Å². The molecule has 0 fully saturated rings. The van der Waals surface area contributed by atoms with Gasteiger partial charge >= 0.3 is 0 Å². The van der Waals surface area contributed by atoms with Gasteiger partial charge in [0, 0.05) is 10.6 Å². The first-order chi connectivity index (χ1) is 16.3. The first-order valence-corrected chi connectivity index (χ1v) is 12.4. The van der Waals surface area contributed by atoms with Gasteiger partial charge in [0.2, 0.25) is 5.88 Å². The monoisotopic (exact) mass is 489 g/mol. The second-order valence-corrected chi connectivity index (χ2v) is 10.4. The number of hydrogen-bond acceptors (Lipinski definition) is 5. The highest BCUT2D eigenvalue weighted by Gasteiger charge is 2.47. The number of anilines is 1. The minimum absolute atomic E-state index is 0.00492. The van der Waals surface area contributed by atoms with Gasteiger partial charge in [-0.25, -0.2) is 8.42 Å². The van der Waals surface area contributed by atoms with Crippen LogP contribution in [0, 0.1) is 18.3 Å². The summed E-state index contributed by atoms with van der Waals surface area (Å²) in [6, 6.07) is 23.7. The number of ether oxygens (including phenoxy) is 1. The Kier molecular flexibility index (Phi) is 5.35. The third kappa shape index (κ3) is 3.43. The number of hydrogen-bond donors (Lipinski definition) is 1. The molecular weight excluding hydrogens is 470 g/mol. The first kappa shape index (κ1) is 22.1. The Morgan fingerprint density at radius 3 is 2.56 bits per heavy atom. The van der Waals surface area contributed by atoms with E-state index in [4.69, 9.17) is 22.1 Å². The Hall–Kier alpha value is -3.73. The molecule has 0 saturated heterocycles. The summed E-state index contributed by atoms with van der Waals surface area (Å²) in [6.07, 6.45) is 0. The highest BCUT2D eigenvalue weighted by atomic mass is 35.5. The standard InChI is InChI=1S/C26H20ClN3O3S/c1-16-7-6-8-17(13-16)15-30-22-12-5-3-10-19(22)24-25(34(30,31)32)23(20(14-28)26(29)33-24)18-9-2-4-11-21(18)27/h2-13,23H,15,29H2,1H3/t23-/m0/s1. The zero-order valence-corrected chi connectivity index (χ0v) is 19.8. The molecule has 5 rings (SSSR count). The molecule has 0 bridgehead atoms. The third-order valence-corrected chi connectivity index (χ3v) is 8.21. The maximum Gasteiger partial charge on any atom is 0.265 e. The topological polar surface area (TPSA) is 96.4 Å². The van der Waals surface area contributed by atoms with Crippen LogP contribution in [0.25, 0.3) is 5.76 Å². The van der Waals surface area contributed by atoms with E-state index in [1.807, 2.05) is 31.2 Å². The molecule has 1 atom stereocenters. The van der Waals surface area contributed by atoms with Gasteiger partial charge in [-0.3, -0.25) is 4.31 Å². The molecule has 2 heterocycles. The van der Waals surface area contributed by atoms with Crippen molar-refractivity contribution < 1.29 is 13.2 Å². The van der Waals surface area contributed by atoms with E-state index < -0.39 is 15.9 Å². The molecule has 0 unspecified atom stereocenters. The van der Waals surface area contributed by atoms with Gasteiger partial charge in [0.15, 0.2) is 5.76 Å². The van der Waals surface area contributed by atoms with Gasteiger partial charge in [0.1, 0.15) is 16.5 Å². The average molecular weight is 490 g/mol. The summed E-state index contributed by atoms with van der Waals surface area (Å²) in [4.78, 5) is -0.0438. The highest BCUT2D eigenvalue weighted by Crippen LogP contribution is 2.52. The van der Waals surface area contributed by atoms with Crippen LogP contribution in [0.4, 0.5) is 5.69 Å². The lowest BCUT2D eigenvalue weighted by Crippen LogP contribution is -2.39. The summed E-state index contributed by atoms with van der Waals surface area (Å²) in [5.74, 6) is -1.01. The molecule has 170 valence electrons. The summed E-state index contributed by atoms with van der Waals surface area (Å²) in [5.41, 5.74) is 9.54. The van der Waals surface area contributed by atoms with Crippen molar-refractivity contribution >= 4 is 33.1 Å². The Morgan fingerprint density at radius 2 is 1.82 bits per heavy atom. The van der Waals surface area contributed by atoms with E-state index in [1.165, 1.54) is 4.31 Å². The normalized spacial score (nSPS) is 18.6. The van der Waals surface area contributed by atoms with Crippen LogP contribution in [0.1, 0.15) is 28.2 Å². The second-order valence-electron chi connectivity index (χ2n) is 8.16. The molecule has 3 aromatic carbocycles. The lowest BCUT2D eigenvalue weighted by molar-refractivity contribution is 0.357. The quantitative estimate of drug-likeness (QED) is 0.547. The summed E-state index contributed by atoms with van der Waals surface area (Å²) in [5, 5.41) is 10.3. The molecular formula is C26H20ClN3O3S. The predicted molar refractivity (Wildman–Crippen MR) is 132 cm³/mol. The number of aryl methyl sites for hydroxylation is 1. The average Bonchev–Trinajstić information content (AvgIpc) is 2.81. The van der Waals surface area contributed by atoms with Crippen molar-refractivity contribution in [3.63, 3.8) is 0 Å². The molecule has 34 heavy (non-hydrogen) atoms. The predicted octanol–water partition coefficient (Wildman–Crippen LogP) is 5.17. The number of para-hydroxylation sites is 1. The van der Waals surface area contributed by atoms with Gasteiger partial charge in [-0.05, 0) is 36.2 Å². The summed E-state index contributed by atoms with van der Waals surface area (Å²) in [7, 11) is -4.14. The minimum Gasteiger partial charge on any atom is -0.439 e. The summed E-state index contributed by atoms with van der Waals surface area (Å²) in [6.45, 7) is 2.08. The zero-order valence-electron chi connectivity index (χ0n) is 18.2. The molecule has 0 saturated carbocycles. The molecule has 3 aromatic rings. The maximum absolute atomic E-state index is 14.2. The van der Waals surface area contributed by atoms with Crippen molar-refractivity contribution in [1.82, 2.24) is 0 Å². The van der Waals surface area contributed by atoms with Crippen molar-refractivity contribution in [2.24, 2.45) is 5.73 Å². The van der Waals surface area contributed by atoms with Crippen LogP contribution < -0.4 is 10.0 Å². The Morgan fingerprint density at radius 1 is 1.09 bits per heavy atom. The second kappa shape index (κ2) is 8.24. The highest BCUT2D eigenvalue weighted by molar-refractivity contribution is 7.96. The fourth-order valence-electron chi connectivity index (χ4n) is 4.48. The summed E-state index contributed by atoms with van der Waals surface area (Å²) >= 11 is 6.49. The largest absolute Gasteiger partial charge is 0.439 e. The molecule has 8 heteroatoms. The number of allylic oxidation sites excluding steroid dienone is 2. The smallest absolute Gasteiger partial charge is 0.265 e. The molecule has 0 aromatic heterocycles. The van der Waals surface area contributed by atoms with Crippen LogP contribution in [0.5, 0.6) is 0 Å². The van der Waals surface area contributed by atoms with Crippen LogP contribution in [0.3, 0.4) is 0 Å². The number of nitrogens with zero attached hydrogens (tertiary/aromatic N) is 2. The Balaban J connectivity index is 1.78. The SMILES string of the molecule is Cc1cccc(CN2c3ccccc3C3=C([C@@H](c4ccccc4Cl)C(C#N)=C(N)O3)S2(=O)=O)c1. The fraction of sp³-hybridized carbons (Fsp3) is 0.115. The van der Waals surface area contributed by atoms with Gasteiger partial charge in [-0.15, -0.1) is 0 Å². The van der Waals surface area contributed by atoms with Crippen molar-refractivity contribution in [3.8, 4) is 6.07 Å². The van der Waals surface area contributed by atoms with E-state index in [1.54, 1.807) is 48.5 Å². The van der Waals surface area contributed by atoms with Crippen LogP contribution in [0.2, 0.25) is 5.02 Å². The van der Waals surface area contributed by atoms with Crippen LogP contribution in [-0.2, 0) is 21.3 Å². The molecule has 0 radical (unpaired) electrons. The lowest BCUT2D eigenvalue weighted by atomic mass is 9.88. The number of halogens is 1. The number of fused-ring (bicyclic) bond motifs is 2. The summed E-state index contributed by atoms with van der Waals surface area (Å²) < 4.78 is 35.7. The maximum atomic E-state index is 14.2. The fourth-order valence-corrected chi connectivity index (χ4v) is 6.62. The Labute approximate surface area is 203 Å². The van der Waals surface area contributed by atoms with Gasteiger partial charge in [-0.1, -0.05) is 71.8 Å². The van der Waals surface area contributed by atoms with Crippen LogP contribution in [-0.4, -0.2) is 8.42 Å². The van der Waals surface area contributed by atoms with E-state index in [2.05, 4.69) is 6.07 Å². The Bertz CT molecular complexity index is 1540. The van der Waals surface area contributed by atoms with Gasteiger partial charge in [0.05, 0.1) is 18.2 Å². The minimum atomic E-state index is -4.14. The number of nitriles is 1. The molecule has 2 N–H and O–H groups in total. The third-order valence-electron chi connectivity index (χ3n) is 5.98. The first-order valence-electron chi connectivity index (χ1n) is 10.6. The van der Waals surface area contributed by atoms with E-state index in [0.29, 0.717) is 21.8 Å². The lowest BCUT2D eigenvalue weighted by Gasteiger charge is -2.38. The number of nitrogens with two attached hydrogens (primary N) is 1. The van der Waals surface area contributed by atoms with Crippen LogP contribution >= 0.6 is 11.6 Å². The van der Waals surface area contributed by atoms with E-state index >= 15 is 0 Å².